The van der Waals surface area contributed by atoms with Gasteiger partial charge in [-0.15, -0.1) is 10.2 Å². The summed E-state index contributed by atoms with van der Waals surface area (Å²) in [6, 6.07) is 11.9. The second-order valence-corrected chi connectivity index (χ2v) is 8.50. The highest BCUT2D eigenvalue weighted by atomic mass is 32.2. The second kappa shape index (κ2) is 11.5. The lowest BCUT2D eigenvalue weighted by Gasteiger charge is -2.14. The summed E-state index contributed by atoms with van der Waals surface area (Å²) in [7, 11) is 4.27. The number of benzene rings is 2. The Morgan fingerprint density at radius 1 is 1.06 bits per heavy atom. The van der Waals surface area contributed by atoms with Gasteiger partial charge in [0.25, 0.3) is 0 Å². The molecule has 3 aromatic rings. The minimum atomic E-state index is -0.648. The maximum atomic E-state index is 12.6. The molecule has 1 aromatic heterocycles. The number of aromatic nitrogens is 3. The molecule has 11 heteroatoms. The zero-order valence-electron chi connectivity index (χ0n) is 20.0. The van der Waals surface area contributed by atoms with Crippen molar-refractivity contribution in [3.8, 4) is 5.75 Å². The first-order valence-corrected chi connectivity index (χ1v) is 11.6. The first-order valence-electron chi connectivity index (χ1n) is 10.6. The number of hydrogen-bond acceptors (Lipinski definition) is 9. The van der Waals surface area contributed by atoms with Gasteiger partial charge in [-0.25, -0.2) is 9.59 Å². The van der Waals surface area contributed by atoms with E-state index in [0.29, 0.717) is 11.0 Å². The molecule has 1 atom stereocenters. The monoisotopic (exact) mass is 498 g/mol. The molecule has 10 nitrogen and oxygen atoms in total. The Hall–Kier alpha value is -3.86. The number of thioether (sulfide) groups is 1. The molecule has 0 spiro atoms. The highest BCUT2D eigenvalue weighted by Crippen LogP contribution is 2.25. The molecular formula is C24H26N4O6S. The number of hydrogen-bond donors (Lipinski definition) is 1. The van der Waals surface area contributed by atoms with Gasteiger partial charge in [0, 0.05) is 7.05 Å². The topological polar surface area (TPSA) is 122 Å². The maximum absolute atomic E-state index is 12.6. The third-order valence-electron chi connectivity index (χ3n) is 4.99. The van der Waals surface area contributed by atoms with Crippen LogP contribution in [0.1, 0.15) is 45.1 Å². The number of nitrogens with one attached hydrogen (secondary N) is 1. The quantitative estimate of drug-likeness (QED) is 0.348. The van der Waals surface area contributed by atoms with Crippen molar-refractivity contribution in [1.82, 2.24) is 14.8 Å². The molecular weight excluding hydrogens is 472 g/mol. The number of carbonyl (C=O) groups is 3. The van der Waals surface area contributed by atoms with Crippen molar-refractivity contribution in [3.63, 3.8) is 0 Å². The van der Waals surface area contributed by atoms with Crippen LogP contribution in [0.25, 0.3) is 0 Å². The van der Waals surface area contributed by atoms with E-state index in [2.05, 4.69) is 15.5 Å². The molecule has 3 rings (SSSR count). The number of ether oxygens (including phenoxy) is 3. The first-order chi connectivity index (χ1) is 16.7. The summed E-state index contributed by atoms with van der Waals surface area (Å²) < 4.78 is 17.2. The van der Waals surface area contributed by atoms with Gasteiger partial charge in [0.1, 0.15) is 5.75 Å². The third-order valence-corrected chi connectivity index (χ3v) is 6.01. The van der Waals surface area contributed by atoms with Gasteiger partial charge < -0.3 is 24.1 Å². The Bertz CT molecular complexity index is 1240. The van der Waals surface area contributed by atoms with E-state index in [4.69, 9.17) is 14.2 Å². The largest absolute Gasteiger partial charge is 0.483 e. The number of carbonyl (C=O) groups excluding carboxylic acids is 3. The smallest absolute Gasteiger partial charge is 0.339 e. The van der Waals surface area contributed by atoms with Crippen molar-refractivity contribution in [2.45, 2.75) is 25.1 Å². The van der Waals surface area contributed by atoms with Crippen LogP contribution in [0, 0.1) is 6.92 Å². The number of nitrogens with zero attached hydrogens (tertiary/aromatic N) is 3. The fourth-order valence-electron chi connectivity index (χ4n) is 3.25. The predicted octanol–water partition coefficient (Wildman–Crippen LogP) is 3.57. The Kier molecular flexibility index (Phi) is 8.48. The molecule has 1 N–H and O–H groups in total. The van der Waals surface area contributed by atoms with Crippen LogP contribution in [0.4, 0.5) is 5.69 Å². The Balaban J connectivity index is 1.68. The van der Waals surface area contributed by atoms with E-state index < -0.39 is 17.8 Å². The third kappa shape index (κ3) is 6.38. The lowest BCUT2D eigenvalue weighted by molar-refractivity contribution is -0.113. The van der Waals surface area contributed by atoms with Crippen LogP contribution in [0.2, 0.25) is 0 Å². The average molecular weight is 499 g/mol. The molecule has 0 aliphatic rings. The fourth-order valence-corrected chi connectivity index (χ4v) is 3.97. The lowest BCUT2D eigenvalue weighted by atomic mass is 10.1. The zero-order valence-corrected chi connectivity index (χ0v) is 20.8. The van der Waals surface area contributed by atoms with E-state index >= 15 is 0 Å². The van der Waals surface area contributed by atoms with Crippen LogP contribution in [0.5, 0.6) is 5.75 Å². The number of anilines is 1. The zero-order chi connectivity index (χ0) is 25.5. The summed E-state index contributed by atoms with van der Waals surface area (Å²) in [5, 5.41) is 11.5. The van der Waals surface area contributed by atoms with Crippen molar-refractivity contribution in [2.75, 3.05) is 25.3 Å². The van der Waals surface area contributed by atoms with E-state index in [1.54, 1.807) is 11.6 Å². The number of amides is 1. The fraction of sp³-hybridized carbons (Fsp3) is 0.292. The molecule has 1 amide bonds. The molecule has 0 aliphatic heterocycles. The standard InChI is InChI=1S/C24H26N4O6S/c1-14-7-6-8-17(11-14)34-15(2)21-26-27-24(28(21)3)35-13-20(29)25-19-12-16(22(30)32-4)9-10-18(19)23(31)33-5/h6-12,15H,13H2,1-5H3,(H,25,29). The highest BCUT2D eigenvalue weighted by molar-refractivity contribution is 7.99. The van der Waals surface area contributed by atoms with Gasteiger partial charge in [-0.1, -0.05) is 23.9 Å². The molecule has 0 radical (unpaired) electrons. The summed E-state index contributed by atoms with van der Waals surface area (Å²) in [5.41, 5.74) is 1.52. The van der Waals surface area contributed by atoms with Gasteiger partial charge in [0.15, 0.2) is 17.1 Å². The molecule has 35 heavy (non-hydrogen) atoms. The number of aryl methyl sites for hydroxylation is 1. The first kappa shape index (κ1) is 25.8. The Morgan fingerprint density at radius 2 is 1.80 bits per heavy atom. The van der Waals surface area contributed by atoms with Crippen LogP contribution in [-0.2, 0) is 21.3 Å². The van der Waals surface area contributed by atoms with Crippen molar-refractivity contribution in [3.05, 3.63) is 65.0 Å². The Morgan fingerprint density at radius 3 is 2.49 bits per heavy atom. The maximum Gasteiger partial charge on any atom is 0.339 e. The van der Waals surface area contributed by atoms with Crippen molar-refractivity contribution >= 4 is 35.3 Å². The average Bonchev–Trinajstić information content (AvgIpc) is 3.22. The van der Waals surface area contributed by atoms with E-state index in [-0.39, 0.29) is 28.7 Å². The lowest BCUT2D eigenvalue weighted by Crippen LogP contribution is -2.18. The number of methoxy groups -OCH3 is 2. The molecule has 1 heterocycles. The van der Waals surface area contributed by atoms with Crippen molar-refractivity contribution in [1.29, 1.82) is 0 Å². The van der Waals surface area contributed by atoms with Crippen LogP contribution in [0.3, 0.4) is 0 Å². The molecule has 0 aliphatic carbocycles. The summed E-state index contributed by atoms with van der Waals surface area (Å²) in [6.45, 7) is 3.86. The van der Waals surface area contributed by atoms with E-state index in [9.17, 15) is 14.4 Å². The van der Waals surface area contributed by atoms with Gasteiger partial charge in [-0.2, -0.15) is 0 Å². The summed E-state index contributed by atoms with van der Waals surface area (Å²) in [6.07, 6.45) is -0.360. The van der Waals surface area contributed by atoms with Gasteiger partial charge in [-0.05, 0) is 49.7 Å². The minimum absolute atomic E-state index is 0.0118. The van der Waals surface area contributed by atoms with Gasteiger partial charge in [-0.3, -0.25) is 4.79 Å². The summed E-state index contributed by atoms with van der Waals surface area (Å²) >= 11 is 1.17. The highest BCUT2D eigenvalue weighted by Gasteiger charge is 2.20. The second-order valence-electron chi connectivity index (χ2n) is 7.56. The molecule has 2 aromatic carbocycles. The SMILES string of the molecule is COC(=O)c1ccc(C(=O)OC)c(NC(=O)CSc2nnc(C(C)Oc3cccc(C)c3)n2C)c1. The van der Waals surface area contributed by atoms with E-state index in [1.807, 2.05) is 38.1 Å². The molecule has 0 saturated heterocycles. The van der Waals surface area contributed by atoms with Gasteiger partial charge in [0.2, 0.25) is 5.91 Å². The summed E-state index contributed by atoms with van der Waals surface area (Å²) in [4.78, 5) is 36.6. The number of rotatable bonds is 9. The van der Waals surface area contributed by atoms with Crippen LogP contribution in [-0.4, -0.2) is 52.6 Å². The van der Waals surface area contributed by atoms with E-state index in [1.165, 1.54) is 44.2 Å². The molecule has 0 bridgehead atoms. The normalized spacial score (nSPS) is 11.5. The van der Waals surface area contributed by atoms with Crippen molar-refractivity contribution in [2.24, 2.45) is 7.05 Å². The van der Waals surface area contributed by atoms with Crippen molar-refractivity contribution < 1.29 is 28.6 Å². The summed E-state index contributed by atoms with van der Waals surface area (Å²) in [5.74, 6) is -0.333. The van der Waals surface area contributed by atoms with E-state index in [0.717, 1.165) is 11.3 Å². The molecule has 0 saturated carbocycles. The molecule has 184 valence electrons. The Labute approximate surface area is 207 Å². The molecule has 1 unspecified atom stereocenters. The van der Waals surface area contributed by atoms with Gasteiger partial charge >= 0.3 is 11.9 Å². The van der Waals surface area contributed by atoms with Crippen LogP contribution < -0.4 is 10.1 Å². The van der Waals surface area contributed by atoms with Crippen LogP contribution in [0.15, 0.2) is 47.6 Å². The number of esters is 2. The molecule has 0 fully saturated rings. The predicted molar refractivity (Wildman–Crippen MR) is 130 cm³/mol. The van der Waals surface area contributed by atoms with Gasteiger partial charge in [0.05, 0.1) is 36.8 Å². The minimum Gasteiger partial charge on any atom is -0.483 e. The van der Waals surface area contributed by atoms with Crippen LogP contribution >= 0.6 is 11.8 Å².